The van der Waals surface area contributed by atoms with Crippen LogP contribution in [0.2, 0.25) is 0 Å². The van der Waals surface area contributed by atoms with Crippen LogP contribution in [0.4, 0.5) is 5.82 Å². The molecule has 0 fully saturated rings. The van der Waals surface area contributed by atoms with Gasteiger partial charge in [-0.1, -0.05) is 43.7 Å². The van der Waals surface area contributed by atoms with Crippen molar-refractivity contribution in [1.82, 2.24) is 15.3 Å². The molecule has 33 heavy (non-hydrogen) atoms. The highest BCUT2D eigenvalue weighted by Gasteiger charge is 2.19. The molecule has 3 aromatic rings. The summed E-state index contributed by atoms with van der Waals surface area (Å²) in [7, 11) is 1.89. The number of aromatic nitrogens is 2. The summed E-state index contributed by atoms with van der Waals surface area (Å²) < 4.78 is 0. The third-order valence-electron chi connectivity index (χ3n) is 5.53. The second-order valence-electron chi connectivity index (χ2n) is 8.44. The topological polar surface area (TPSA) is 126 Å². The first kappa shape index (κ1) is 23.9. The van der Waals surface area contributed by atoms with Gasteiger partial charge in [-0.25, -0.2) is 4.98 Å². The molecule has 7 heteroatoms. The van der Waals surface area contributed by atoms with Crippen molar-refractivity contribution in [2.75, 3.05) is 18.9 Å². The molecule has 1 unspecified atom stereocenters. The molecule has 0 aliphatic heterocycles. The first-order valence-electron chi connectivity index (χ1n) is 11.0. The normalized spacial score (nSPS) is 13.4. The number of fused-ring (bicyclic) bond motifs is 1. The van der Waals surface area contributed by atoms with Crippen molar-refractivity contribution >= 4 is 22.6 Å². The number of nitrogens with zero attached hydrogens (tertiary/aromatic N) is 2. The minimum Gasteiger partial charge on any atom is -0.404 e. The molecule has 0 saturated carbocycles. The summed E-state index contributed by atoms with van der Waals surface area (Å²) in [6, 6.07) is 13.8. The lowest BCUT2D eigenvalue weighted by Crippen LogP contribution is -2.24. The predicted molar refractivity (Wildman–Crippen MR) is 137 cm³/mol. The van der Waals surface area contributed by atoms with Crippen molar-refractivity contribution in [1.29, 1.82) is 5.41 Å². The highest BCUT2D eigenvalue weighted by atomic mass is 15.1. The molecule has 0 spiro atoms. The van der Waals surface area contributed by atoms with Gasteiger partial charge in [-0.3, -0.25) is 4.98 Å². The molecule has 0 aliphatic carbocycles. The van der Waals surface area contributed by atoms with Crippen LogP contribution in [0.15, 0.2) is 72.3 Å². The van der Waals surface area contributed by atoms with E-state index in [2.05, 4.69) is 29.5 Å². The number of likely N-dealkylation sites (N-methyl/N-ethyl adjacent to an activating group) is 1. The second-order valence-corrected chi connectivity index (χ2v) is 8.44. The number of rotatable bonds is 9. The zero-order valence-electron chi connectivity index (χ0n) is 19.7. The summed E-state index contributed by atoms with van der Waals surface area (Å²) in [5, 5.41) is 15.2. The Hall–Kier alpha value is -3.71. The van der Waals surface area contributed by atoms with Gasteiger partial charge in [-0.15, -0.1) is 0 Å². The summed E-state index contributed by atoms with van der Waals surface area (Å²) in [5.74, 6) is 1.19. The van der Waals surface area contributed by atoms with Crippen LogP contribution in [0.25, 0.3) is 11.0 Å². The fourth-order valence-electron chi connectivity index (χ4n) is 3.58. The van der Waals surface area contributed by atoms with Gasteiger partial charge in [0.05, 0.1) is 11.0 Å². The van der Waals surface area contributed by atoms with Crippen molar-refractivity contribution in [2.45, 2.75) is 26.7 Å². The van der Waals surface area contributed by atoms with E-state index in [0.29, 0.717) is 23.9 Å². The molecule has 1 aromatic carbocycles. The van der Waals surface area contributed by atoms with E-state index >= 15 is 0 Å². The lowest BCUT2D eigenvalue weighted by molar-refractivity contribution is 0.745. The third-order valence-corrected chi connectivity index (χ3v) is 5.53. The van der Waals surface area contributed by atoms with Crippen LogP contribution in [0.3, 0.4) is 0 Å². The van der Waals surface area contributed by atoms with Crippen molar-refractivity contribution in [3.05, 3.63) is 89.0 Å². The van der Waals surface area contributed by atoms with E-state index in [1.165, 1.54) is 5.56 Å². The molecule has 0 radical (unpaired) electrons. The maximum absolute atomic E-state index is 8.82. The zero-order chi connectivity index (χ0) is 24.0. The fourth-order valence-corrected chi connectivity index (χ4v) is 3.58. The molecule has 2 aromatic heterocycles. The smallest absolute Gasteiger partial charge is 0.132 e. The van der Waals surface area contributed by atoms with Crippen molar-refractivity contribution in [3.8, 4) is 0 Å². The van der Waals surface area contributed by atoms with Crippen LogP contribution >= 0.6 is 0 Å². The Bertz CT molecular complexity index is 1180. The molecule has 7 nitrogen and oxygen atoms in total. The molecular formula is C26H33N7. The van der Waals surface area contributed by atoms with Crippen LogP contribution in [0.5, 0.6) is 0 Å². The first-order valence-corrected chi connectivity index (χ1v) is 11.0. The number of aryl methyl sites for hydroxylation is 1. The van der Waals surface area contributed by atoms with Gasteiger partial charge in [-0.2, -0.15) is 0 Å². The lowest BCUT2D eigenvalue weighted by atomic mass is 9.90. The van der Waals surface area contributed by atoms with Crippen LogP contribution in [0, 0.1) is 18.3 Å². The van der Waals surface area contributed by atoms with E-state index in [1.807, 2.05) is 68.7 Å². The monoisotopic (exact) mass is 443 g/mol. The van der Waals surface area contributed by atoms with Crippen LogP contribution in [-0.4, -0.2) is 29.3 Å². The largest absolute Gasteiger partial charge is 0.404 e. The van der Waals surface area contributed by atoms with Gasteiger partial charge in [0.1, 0.15) is 11.6 Å². The van der Waals surface area contributed by atoms with Gasteiger partial charge in [0.25, 0.3) is 0 Å². The molecular weight excluding hydrogens is 410 g/mol. The Kier molecular flexibility index (Phi) is 7.79. The number of nitrogens with one attached hydrogen (secondary N) is 3. The Morgan fingerprint density at radius 2 is 1.85 bits per heavy atom. The molecule has 0 bridgehead atoms. The van der Waals surface area contributed by atoms with Gasteiger partial charge in [0, 0.05) is 24.4 Å². The van der Waals surface area contributed by atoms with Gasteiger partial charge >= 0.3 is 0 Å². The summed E-state index contributed by atoms with van der Waals surface area (Å²) in [4.78, 5) is 9.30. The van der Waals surface area contributed by atoms with Crippen molar-refractivity contribution in [2.24, 2.45) is 17.4 Å². The van der Waals surface area contributed by atoms with E-state index < -0.39 is 0 Å². The number of anilines is 1. The lowest BCUT2D eigenvalue weighted by Gasteiger charge is -2.19. The number of nitrogens with two attached hydrogens (primary N) is 2. The molecule has 2 heterocycles. The summed E-state index contributed by atoms with van der Waals surface area (Å²) in [6.07, 6.45) is 5.21. The Balaban J connectivity index is 1.91. The molecule has 3 rings (SSSR count). The standard InChI is InChI=1S/C26H33N7/c1-16(2)19(13-27)12-24(28)33-25-10-9-22-23(32-25)11-20(14-31-22)21(15-30-4)26(29)18-7-5-17(3)6-8-18/h5-14,16,21,29-30H,15,27-28H2,1-4H3,(H,32,33)/b19-13+,24-12+,29-26?. The molecule has 1 atom stereocenters. The average Bonchev–Trinajstić information content (AvgIpc) is 2.80. The molecule has 0 aliphatic rings. The number of pyridine rings is 2. The number of hydrogen-bond acceptors (Lipinski definition) is 7. The second kappa shape index (κ2) is 10.7. The highest BCUT2D eigenvalue weighted by Crippen LogP contribution is 2.24. The molecule has 172 valence electrons. The maximum Gasteiger partial charge on any atom is 0.132 e. The Morgan fingerprint density at radius 3 is 2.48 bits per heavy atom. The number of hydrogen-bond donors (Lipinski definition) is 5. The molecule has 0 amide bonds. The van der Waals surface area contributed by atoms with E-state index in [-0.39, 0.29) is 11.8 Å². The Morgan fingerprint density at radius 1 is 1.12 bits per heavy atom. The first-order chi connectivity index (χ1) is 15.8. The van der Waals surface area contributed by atoms with Gasteiger partial charge in [-0.05, 0) is 67.1 Å². The van der Waals surface area contributed by atoms with E-state index in [1.54, 1.807) is 6.20 Å². The Labute approximate surface area is 195 Å². The number of benzene rings is 1. The van der Waals surface area contributed by atoms with Gasteiger partial charge in [0.15, 0.2) is 0 Å². The van der Waals surface area contributed by atoms with Gasteiger partial charge in [0.2, 0.25) is 0 Å². The quantitative estimate of drug-likeness (QED) is 0.251. The maximum atomic E-state index is 8.82. The van der Waals surface area contributed by atoms with Gasteiger partial charge < -0.3 is 27.5 Å². The van der Waals surface area contributed by atoms with E-state index in [4.69, 9.17) is 21.9 Å². The molecule has 0 saturated heterocycles. The third kappa shape index (κ3) is 5.96. The predicted octanol–water partition coefficient (Wildman–Crippen LogP) is 4.02. The van der Waals surface area contributed by atoms with E-state index in [9.17, 15) is 0 Å². The summed E-state index contributed by atoms with van der Waals surface area (Å²) in [6.45, 7) is 6.78. The minimum absolute atomic E-state index is 0.152. The van der Waals surface area contributed by atoms with E-state index in [0.717, 1.165) is 27.7 Å². The van der Waals surface area contributed by atoms with Crippen LogP contribution in [0.1, 0.15) is 36.5 Å². The van der Waals surface area contributed by atoms with Crippen LogP contribution in [-0.2, 0) is 0 Å². The highest BCUT2D eigenvalue weighted by molar-refractivity contribution is 6.03. The van der Waals surface area contributed by atoms with Crippen molar-refractivity contribution < 1.29 is 0 Å². The summed E-state index contributed by atoms with van der Waals surface area (Å²) in [5.41, 5.74) is 17.9. The molecule has 7 N–H and O–H groups in total. The van der Waals surface area contributed by atoms with Crippen molar-refractivity contribution in [3.63, 3.8) is 0 Å². The summed E-state index contributed by atoms with van der Waals surface area (Å²) >= 11 is 0. The van der Waals surface area contributed by atoms with Crippen LogP contribution < -0.4 is 22.1 Å². The SMILES string of the molecule is CNCC(C(=N)c1ccc(C)cc1)c1cnc2ccc(N/C(N)=C/C(=C\N)C(C)C)nc2c1. The number of allylic oxidation sites excluding steroid dienone is 2. The fraction of sp³-hybridized carbons (Fsp3) is 0.269. The zero-order valence-corrected chi connectivity index (χ0v) is 19.7. The average molecular weight is 444 g/mol. The minimum atomic E-state index is -0.152.